The number of carbonyl (C=O) groups excluding carboxylic acids is 3. The van der Waals surface area contributed by atoms with Crippen LogP contribution in [-0.4, -0.2) is 37.2 Å². The van der Waals surface area contributed by atoms with Crippen LogP contribution in [0.2, 0.25) is 0 Å². The van der Waals surface area contributed by atoms with Gasteiger partial charge in [0.05, 0.1) is 0 Å². The van der Waals surface area contributed by atoms with Crippen LogP contribution < -0.4 is 0 Å². The number of allylic oxidation sites excluding steroid dienone is 20. The molecule has 1 atom stereocenters. The summed E-state index contributed by atoms with van der Waals surface area (Å²) >= 11 is 0. The molecule has 1 unspecified atom stereocenters. The molecule has 0 rings (SSSR count). The van der Waals surface area contributed by atoms with Gasteiger partial charge in [0.15, 0.2) is 6.10 Å². The molecule has 0 saturated heterocycles. The third kappa shape index (κ3) is 50.7. The fourth-order valence-electron chi connectivity index (χ4n) is 6.65. The molecule has 0 aliphatic rings. The summed E-state index contributed by atoms with van der Waals surface area (Å²) in [4.78, 5) is 38.0. The number of carbonyl (C=O) groups is 3. The quantitative estimate of drug-likeness (QED) is 0.0199. The Balaban J connectivity index is 4.52. The van der Waals surface area contributed by atoms with E-state index in [-0.39, 0.29) is 31.1 Å². The van der Waals surface area contributed by atoms with Crippen molar-refractivity contribution in [3.8, 4) is 0 Å². The number of ether oxygens (including phenoxy) is 3. The van der Waals surface area contributed by atoms with Crippen molar-refractivity contribution in [2.75, 3.05) is 13.2 Å². The average Bonchev–Trinajstić information content (AvgIpc) is 3.30. The van der Waals surface area contributed by atoms with Crippen molar-refractivity contribution in [3.05, 3.63) is 122 Å². The van der Waals surface area contributed by atoms with E-state index in [1.165, 1.54) is 64.2 Å². The van der Waals surface area contributed by atoms with E-state index in [0.717, 1.165) is 109 Å². The highest BCUT2D eigenvalue weighted by molar-refractivity contribution is 5.71. The van der Waals surface area contributed by atoms with E-state index in [1.807, 2.05) is 36.5 Å². The second-order valence-corrected chi connectivity index (χ2v) is 16.8. The smallest absolute Gasteiger partial charge is 0.306 e. The Labute approximate surface area is 399 Å². The Kier molecular flexibility index (Phi) is 49.1. The summed E-state index contributed by atoms with van der Waals surface area (Å²) in [5, 5.41) is 0. The lowest BCUT2D eigenvalue weighted by Crippen LogP contribution is -2.30. The van der Waals surface area contributed by atoms with Crippen LogP contribution >= 0.6 is 0 Å². The largest absolute Gasteiger partial charge is 0.462 e. The lowest BCUT2D eigenvalue weighted by molar-refractivity contribution is -0.167. The Hall–Kier alpha value is -4.19. The molecule has 0 aromatic heterocycles. The summed E-state index contributed by atoms with van der Waals surface area (Å²) in [6.45, 7) is 6.29. The van der Waals surface area contributed by atoms with E-state index < -0.39 is 6.10 Å². The third-order valence-corrected chi connectivity index (χ3v) is 10.5. The SMILES string of the molecule is CC/C=C/C=C/C=C/C=C/CCCCCC(=O)OCC(COC(=O)CCCCC/C=C/C/C=C/C/C=C/C/C=C/C/C=C/CC)OC(=O)CCCCCCCCC/C=C/CCCCCC. The first-order chi connectivity index (χ1) is 32.0. The monoisotopic (exact) mass is 899 g/mol. The molecule has 65 heavy (non-hydrogen) atoms. The van der Waals surface area contributed by atoms with E-state index in [4.69, 9.17) is 14.2 Å². The highest BCUT2D eigenvalue weighted by atomic mass is 16.6. The van der Waals surface area contributed by atoms with E-state index in [9.17, 15) is 14.4 Å². The van der Waals surface area contributed by atoms with Gasteiger partial charge in [-0.25, -0.2) is 0 Å². The highest BCUT2D eigenvalue weighted by Crippen LogP contribution is 2.13. The van der Waals surface area contributed by atoms with Gasteiger partial charge in [-0.1, -0.05) is 206 Å². The normalized spacial score (nSPS) is 13.1. The van der Waals surface area contributed by atoms with Crippen molar-refractivity contribution in [1.29, 1.82) is 0 Å². The van der Waals surface area contributed by atoms with Gasteiger partial charge in [-0.3, -0.25) is 14.4 Å². The molecule has 0 spiro atoms. The number of rotatable bonds is 45. The summed E-state index contributed by atoms with van der Waals surface area (Å²) in [6, 6.07) is 0. The van der Waals surface area contributed by atoms with Crippen LogP contribution in [0.3, 0.4) is 0 Å². The zero-order chi connectivity index (χ0) is 47.2. The molecule has 0 aromatic rings. The van der Waals surface area contributed by atoms with Crippen molar-refractivity contribution < 1.29 is 28.6 Å². The van der Waals surface area contributed by atoms with Crippen LogP contribution in [0.15, 0.2) is 122 Å². The van der Waals surface area contributed by atoms with E-state index in [2.05, 4.69) is 106 Å². The van der Waals surface area contributed by atoms with Crippen LogP contribution in [0.1, 0.15) is 213 Å². The highest BCUT2D eigenvalue weighted by Gasteiger charge is 2.19. The number of esters is 3. The number of hydrogen-bond donors (Lipinski definition) is 0. The Morgan fingerprint density at radius 1 is 0.338 bits per heavy atom. The van der Waals surface area contributed by atoms with Crippen molar-refractivity contribution in [2.45, 2.75) is 219 Å². The minimum Gasteiger partial charge on any atom is -0.462 e. The van der Waals surface area contributed by atoms with Crippen LogP contribution in [-0.2, 0) is 28.6 Å². The van der Waals surface area contributed by atoms with Crippen molar-refractivity contribution in [1.82, 2.24) is 0 Å². The molecule has 0 fully saturated rings. The lowest BCUT2D eigenvalue weighted by Gasteiger charge is -2.18. The zero-order valence-corrected chi connectivity index (χ0v) is 41.7. The molecule has 0 saturated carbocycles. The Bertz CT molecular complexity index is 1400. The first kappa shape index (κ1) is 60.8. The third-order valence-electron chi connectivity index (χ3n) is 10.5. The predicted molar refractivity (Wildman–Crippen MR) is 279 cm³/mol. The summed E-state index contributed by atoms with van der Waals surface area (Å²) in [5.74, 6) is -0.993. The summed E-state index contributed by atoms with van der Waals surface area (Å²) in [5.41, 5.74) is 0. The first-order valence-corrected chi connectivity index (χ1v) is 26.1. The molecule has 0 aliphatic carbocycles. The fraction of sp³-hybridized carbons (Fsp3) is 0.610. The summed E-state index contributed by atoms with van der Waals surface area (Å²) < 4.78 is 16.7. The van der Waals surface area contributed by atoms with Gasteiger partial charge in [0, 0.05) is 19.3 Å². The Morgan fingerprint density at radius 2 is 0.677 bits per heavy atom. The van der Waals surface area contributed by atoms with Gasteiger partial charge >= 0.3 is 17.9 Å². The van der Waals surface area contributed by atoms with Gasteiger partial charge in [0.1, 0.15) is 13.2 Å². The minimum atomic E-state index is -0.813. The molecule has 0 amide bonds. The molecule has 0 radical (unpaired) electrons. The van der Waals surface area contributed by atoms with Crippen molar-refractivity contribution in [3.63, 3.8) is 0 Å². The van der Waals surface area contributed by atoms with Gasteiger partial charge in [-0.05, 0) is 109 Å². The standard InChI is InChI=1S/C59H94O6/c1-4-7-10-13-16-19-22-25-27-28-29-30-32-34-37-40-43-46-49-52-58(61)64-55-56(54-63-57(60)51-48-45-42-39-36-33-24-21-18-15-12-9-6-3)65-59(62)53-50-47-44-41-38-35-31-26-23-20-17-14-11-8-5-2/h7,9-10,12,15-16,18-21,23-25,27,29-30,33-34,36-37,56H,4-6,8,11,13-14,17,22,26,28,31-32,35,38-55H2,1-3H3/b10-7+,12-9+,18-15+,19-16+,23-20+,24-21+,27-25+,30-29+,36-33+,37-34+. The maximum absolute atomic E-state index is 12.8. The molecule has 0 aliphatic heterocycles. The maximum Gasteiger partial charge on any atom is 0.306 e. The molecular formula is C59H94O6. The fourth-order valence-corrected chi connectivity index (χ4v) is 6.65. The molecule has 0 heterocycles. The van der Waals surface area contributed by atoms with Crippen molar-refractivity contribution in [2.24, 2.45) is 0 Å². The average molecular weight is 899 g/mol. The van der Waals surface area contributed by atoms with Gasteiger partial charge in [-0.2, -0.15) is 0 Å². The van der Waals surface area contributed by atoms with E-state index in [1.54, 1.807) is 0 Å². The molecule has 0 bridgehead atoms. The molecule has 366 valence electrons. The molecule has 0 aromatic carbocycles. The second kappa shape index (κ2) is 52.4. The summed E-state index contributed by atoms with van der Waals surface area (Å²) in [7, 11) is 0. The maximum atomic E-state index is 12.8. The molecule has 6 heteroatoms. The minimum absolute atomic E-state index is 0.113. The van der Waals surface area contributed by atoms with Gasteiger partial charge in [0.2, 0.25) is 0 Å². The zero-order valence-electron chi connectivity index (χ0n) is 41.7. The van der Waals surface area contributed by atoms with Crippen LogP contribution in [0.5, 0.6) is 0 Å². The van der Waals surface area contributed by atoms with Crippen molar-refractivity contribution >= 4 is 17.9 Å². The van der Waals surface area contributed by atoms with Gasteiger partial charge in [0.25, 0.3) is 0 Å². The lowest BCUT2D eigenvalue weighted by atomic mass is 10.1. The summed E-state index contributed by atoms with van der Waals surface area (Å²) in [6.07, 6.45) is 71.8. The second-order valence-electron chi connectivity index (χ2n) is 16.8. The van der Waals surface area contributed by atoms with E-state index in [0.29, 0.717) is 19.3 Å². The molecular weight excluding hydrogens is 805 g/mol. The van der Waals surface area contributed by atoms with Gasteiger partial charge in [-0.15, -0.1) is 0 Å². The number of hydrogen-bond acceptors (Lipinski definition) is 6. The number of unbranched alkanes of at least 4 members (excludes halogenated alkanes) is 17. The van der Waals surface area contributed by atoms with Crippen LogP contribution in [0.4, 0.5) is 0 Å². The molecule has 6 nitrogen and oxygen atoms in total. The Morgan fingerprint density at radius 3 is 1.15 bits per heavy atom. The topological polar surface area (TPSA) is 78.9 Å². The van der Waals surface area contributed by atoms with Crippen LogP contribution in [0.25, 0.3) is 0 Å². The predicted octanol–water partition coefficient (Wildman–Crippen LogP) is 17.3. The van der Waals surface area contributed by atoms with E-state index >= 15 is 0 Å². The van der Waals surface area contributed by atoms with Gasteiger partial charge < -0.3 is 14.2 Å². The molecule has 0 N–H and O–H groups in total. The first-order valence-electron chi connectivity index (χ1n) is 26.1. The van der Waals surface area contributed by atoms with Crippen LogP contribution in [0, 0.1) is 0 Å².